The number of benzene rings is 1. The van der Waals surface area contributed by atoms with Gasteiger partial charge in [0.05, 0.1) is 6.26 Å². The smallest absolute Gasteiger partial charge is 0.466 e. The van der Waals surface area contributed by atoms with Gasteiger partial charge in [0.1, 0.15) is 11.5 Å². The first kappa shape index (κ1) is 10.4. The van der Waals surface area contributed by atoms with Crippen LogP contribution in [0.5, 0.6) is 11.5 Å². The highest BCUT2D eigenvalue weighted by atomic mass is 19.4. The van der Waals surface area contributed by atoms with Gasteiger partial charge in [-0.05, 0) is 24.3 Å². The summed E-state index contributed by atoms with van der Waals surface area (Å²) in [6.45, 7) is 3.30. The summed E-state index contributed by atoms with van der Waals surface area (Å²) in [5.74, 6) is 0.114. The lowest BCUT2D eigenvalue weighted by Crippen LogP contribution is -2.16. The van der Waals surface area contributed by atoms with Crippen LogP contribution in [-0.2, 0) is 0 Å². The van der Waals surface area contributed by atoms with Crippen LogP contribution in [0.15, 0.2) is 37.1 Å². The van der Waals surface area contributed by atoms with Gasteiger partial charge < -0.3 is 9.47 Å². The second-order valence-corrected chi connectivity index (χ2v) is 2.30. The highest BCUT2D eigenvalue weighted by Crippen LogP contribution is 2.24. The van der Waals surface area contributed by atoms with Crippen molar-refractivity contribution in [3.05, 3.63) is 37.1 Å². The first-order valence-electron chi connectivity index (χ1n) is 3.64. The van der Waals surface area contributed by atoms with Gasteiger partial charge >= 0.3 is 6.36 Å². The average Bonchev–Trinajstić information content (AvgIpc) is 2.06. The molecule has 76 valence electrons. The Kier molecular flexibility index (Phi) is 3.01. The molecule has 2 nitrogen and oxygen atoms in total. The summed E-state index contributed by atoms with van der Waals surface area (Å²) in [4.78, 5) is 0. The number of rotatable bonds is 3. The second kappa shape index (κ2) is 4.04. The first-order valence-corrected chi connectivity index (χ1v) is 3.64. The molecule has 14 heavy (non-hydrogen) atoms. The van der Waals surface area contributed by atoms with E-state index in [2.05, 4.69) is 11.3 Å². The van der Waals surface area contributed by atoms with Crippen molar-refractivity contribution in [2.75, 3.05) is 0 Å². The fourth-order valence-electron chi connectivity index (χ4n) is 0.816. The molecule has 0 heterocycles. The first-order chi connectivity index (χ1) is 6.51. The predicted molar refractivity (Wildman–Crippen MR) is 44.0 cm³/mol. The summed E-state index contributed by atoms with van der Waals surface area (Å²) < 4.78 is 43.6. The van der Waals surface area contributed by atoms with Crippen molar-refractivity contribution in [1.29, 1.82) is 0 Å². The molecule has 0 N–H and O–H groups in total. The lowest BCUT2D eigenvalue weighted by molar-refractivity contribution is -0.274. The van der Waals surface area contributed by atoms with Crippen LogP contribution in [0.3, 0.4) is 0 Å². The van der Waals surface area contributed by atoms with Crippen molar-refractivity contribution in [2.24, 2.45) is 0 Å². The zero-order valence-corrected chi connectivity index (χ0v) is 7.04. The van der Waals surface area contributed by atoms with Gasteiger partial charge in [-0.15, -0.1) is 13.2 Å². The van der Waals surface area contributed by atoms with Gasteiger partial charge in [-0.3, -0.25) is 0 Å². The molecule has 0 aromatic heterocycles. The van der Waals surface area contributed by atoms with Crippen LogP contribution in [0.2, 0.25) is 0 Å². The number of ether oxygens (including phenoxy) is 2. The van der Waals surface area contributed by atoms with Gasteiger partial charge in [0.15, 0.2) is 0 Å². The van der Waals surface area contributed by atoms with Crippen molar-refractivity contribution < 1.29 is 22.6 Å². The van der Waals surface area contributed by atoms with Crippen LogP contribution < -0.4 is 9.47 Å². The average molecular weight is 204 g/mol. The molecule has 0 atom stereocenters. The number of halogens is 3. The molecule has 1 rings (SSSR count). The quantitative estimate of drug-likeness (QED) is 0.704. The Bertz CT molecular complexity index is 303. The number of hydrogen-bond donors (Lipinski definition) is 0. The van der Waals surface area contributed by atoms with E-state index in [9.17, 15) is 13.2 Å². The van der Waals surface area contributed by atoms with E-state index < -0.39 is 6.36 Å². The fraction of sp³-hybridized carbons (Fsp3) is 0.111. The molecule has 0 saturated carbocycles. The largest absolute Gasteiger partial charge is 0.573 e. The van der Waals surface area contributed by atoms with Gasteiger partial charge in [-0.1, -0.05) is 6.58 Å². The molecule has 1 aromatic carbocycles. The van der Waals surface area contributed by atoms with Gasteiger partial charge in [0.25, 0.3) is 0 Å². The van der Waals surface area contributed by atoms with E-state index in [1.54, 1.807) is 0 Å². The maximum Gasteiger partial charge on any atom is 0.573 e. The molecule has 0 aliphatic rings. The van der Waals surface area contributed by atoms with E-state index in [0.29, 0.717) is 5.75 Å². The summed E-state index contributed by atoms with van der Waals surface area (Å²) in [6, 6.07) is 5.02. The minimum absolute atomic E-state index is 0.283. The van der Waals surface area contributed by atoms with E-state index in [4.69, 9.17) is 4.74 Å². The highest BCUT2D eigenvalue weighted by Gasteiger charge is 2.30. The normalized spacial score (nSPS) is 10.8. The molecule has 0 aliphatic heterocycles. The van der Waals surface area contributed by atoms with Crippen molar-refractivity contribution in [3.8, 4) is 11.5 Å². The predicted octanol–water partition coefficient (Wildman–Crippen LogP) is 3.11. The Morgan fingerprint density at radius 1 is 1.07 bits per heavy atom. The van der Waals surface area contributed by atoms with Crippen molar-refractivity contribution in [1.82, 2.24) is 0 Å². The zero-order valence-electron chi connectivity index (χ0n) is 7.04. The molecule has 0 bridgehead atoms. The molecule has 1 aromatic rings. The lowest BCUT2D eigenvalue weighted by Gasteiger charge is -2.08. The number of alkyl halides is 3. The summed E-state index contributed by atoms with van der Waals surface area (Å²) in [6.07, 6.45) is -3.49. The molecular weight excluding hydrogens is 197 g/mol. The molecular formula is C9H7F3O2. The third-order valence-corrected chi connectivity index (χ3v) is 1.28. The van der Waals surface area contributed by atoms with Gasteiger partial charge in [0, 0.05) is 0 Å². The Morgan fingerprint density at radius 2 is 1.57 bits per heavy atom. The Hall–Kier alpha value is -1.65. The molecule has 0 unspecified atom stereocenters. The third kappa shape index (κ3) is 3.38. The topological polar surface area (TPSA) is 18.5 Å². The summed E-state index contributed by atoms with van der Waals surface area (Å²) in [5.41, 5.74) is 0. The van der Waals surface area contributed by atoms with E-state index in [1.807, 2.05) is 0 Å². The molecule has 0 radical (unpaired) electrons. The third-order valence-electron chi connectivity index (χ3n) is 1.28. The Morgan fingerprint density at radius 3 is 2.00 bits per heavy atom. The SMILES string of the molecule is C=COc1ccc(OC(F)(F)F)cc1. The van der Waals surface area contributed by atoms with Gasteiger partial charge in [-0.25, -0.2) is 0 Å². The van der Waals surface area contributed by atoms with E-state index in [0.717, 1.165) is 12.1 Å². The molecule has 0 fully saturated rings. The maximum absolute atomic E-state index is 11.7. The minimum atomic E-state index is -4.67. The van der Waals surface area contributed by atoms with E-state index in [-0.39, 0.29) is 5.75 Å². The van der Waals surface area contributed by atoms with Crippen LogP contribution >= 0.6 is 0 Å². The monoisotopic (exact) mass is 204 g/mol. The molecule has 5 heteroatoms. The van der Waals surface area contributed by atoms with Crippen molar-refractivity contribution in [2.45, 2.75) is 6.36 Å². The van der Waals surface area contributed by atoms with Gasteiger partial charge in [-0.2, -0.15) is 0 Å². The van der Waals surface area contributed by atoms with Gasteiger partial charge in [0.2, 0.25) is 0 Å². The van der Waals surface area contributed by atoms with Crippen molar-refractivity contribution >= 4 is 0 Å². The standard InChI is InChI=1S/C9H7F3O2/c1-2-13-7-3-5-8(6-4-7)14-9(10,11)12/h2-6H,1H2. The summed E-state index contributed by atoms with van der Waals surface area (Å²) >= 11 is 0. The highest BCUT2D eigenvalue weighted by molar-refractivity contribution is 5.31. The fourth-order valence-corrected chi connectivity index (χ4v) is 0.816. The van der Waals surface area contributed by atoms with E-state index >= 15 is 0 Å². The van der Waals surface area contributed by atoms with Crippen LogP contribution in [0, 0.1) is 0 Å². The van der Waals surface area contributed by atoms with Crippen LogP contribution in [-0.4, -0.2) is 6.36 Å². The molecule has 0 amide bonds. The summed E-state index contributed by atoms with van der Waals surface area (Å²) in [7, 11) is 0. The van der Waals surface area contributed by atoms with Crippen LogP contribution in [0.25, 0.3) is 0 Å². The van der Waals surface area contributed by atoms with Crippen LogP contribution in [0.1, 0.15) is 0 Å². The van der Waals surface area contributed by atoms with Crippen LogP contribution in [0.4, 0.5) is 13.2 Å². The number of hydrogen-bond acceptors (Lipinski definition) is 2. The van der Waals surface area contributed by atoms with E-state index in [1.165, 1.54) is 18.4 Å². The summed E-state index contributed by atoms with van der Waals surface area (Å²) in [5, 5.41) is 0. The maximum atomic E-state index is 11.7. The molecule has 0 aliphatic carbocycles. The Balaban J connectivity index is 2.68. The minimum Gasteiger partial charge on any atom is -0.466 e. The molecule has 0 saturated heterocycles. The lowest BCUT2D eigenvalue weighted by atomic mass is 10.3. The zero-order chi connectivity index (χ0) is 10.6. The Labute approximate surface area is 78.6 Å². The molecule has 0 spiro atoms. The second-order valence-electron chi connectivity index (χ2n) is 2.30. The van der Waals surface area contributed by atoms with Crippen molar-refractivity contribution in [3.63, 3.8) is 0 Å².